The quantitative estimate of drug-likeness (QED) is 0.675. The molecule has 1 aliphatic carbocycles. The average molecular weight is 213 g/mol. The van der Waals surface area contributed by atoms with Crippen molar-refractivity contribution in [2.75, 3.05) is 13.2 Å². The maximum absolute atomic E-state index is 11.3. The van der Waals surface area contributed by atoms with Crippen LogP contribution in [0.25, 0.3) is 0 Å². The summed E-state index contributed by atoms with van der Waals surface area (Å²) in [5.41, 5.74) is 0.319. The van der Waals surface area contributed by atoms with Crippen molar-refractivity contribution >= 4 is 11.9 Å². The molecule has 0 aliphatic heterocycles. The molecule has 1 amide bonds. The number of hydrogen-bond donors (Lipinski definition) is 1. The molecule has 15 heavy (non-hydrogen) atoms. The molecule has 0 saturated heterocycles. The number of nitrogens with one attached hydrogen (secondary N) is 1. The van der Waals surface area contributed by atoms with Gasteiger partial charge >= 0.3 is 5.97 Å². The van der Waals surface area contributed by atoms with Crippen LogP contribution in [0, 0.1) is 5.41 Å². The highest BCUT2D eigenvalue weighted by Gasteiger charge is 2.37. The second-order valence-corrected chi connectivity index (χ2v) is 4.39. The first-order valence-electron chi connectivity index (χ1n) is 5.48. The second kappa shape index (κ2) is 5.14. The zero-order chi connectivity index (χ0) is 11.3. The lowest BCUT2D eigenvalue weighted by molar-refractivity contribution is -0.144. The highest BCUT2D eigenvalue weighted by Crippen LogP contribution is 2.43. The molecule has 0 aromatic carbocycles. The van der Waals surface area contributed by atoms with Gasteiger partial charge in [0, 0.05) is 13.0 Å². The Morgan fingerprint density at radius 3 is 2.53 bits per heavy atom. The number of hydrogen-bond acceptors (Lipinski definition) is 3. The van der Waals surface area contributed by atoms with Crippen molar-refractivity contribution in [3.8, 4) is 0 Å². The van der Waals surface area contributed by atoms with E-state index in [1.807, 2.05) is 0 Å². The van der Waals surface area contributed by atoms with E-state index >= 15 is 0 Å². The van der Waals surface area contributed by atoms with Gasteiger partial charge in [-0.3, -0.25) is 9.59 Å². The molecular weight excluding hydrogens is 194 g/mol. The minimum absolute atomic E-state index is 0.0591. The normalized spacial score (nSPS) is 16.9. The van der Waals surface area contributed by atoms with Gasteiger partial charge < -0.3 is 10.1 Å². The fraction of sp³-hybridized carbons (Fsp3) is 0.818. The molecule has 0 aromatic rings. The maximum atomic E-state index is 11.3. The highest BCUT2D eigenvalue weighted by atomic mass is 16.5. The van der Waals surface area contributed by atoms with E-state index in [0.717, 1.165) is 6.54 Å². The Morgan fingerprint density at radius 1 is 1.33 bits per heavy atom. The summed E-state index contributed by atoms with van der Waals surface area (Å²) in [6.45, 7) is 5.01. The molecule has 0 radical (unpaired) electrons. The lowest BCUT2D eigenvalue weighted by Crippen LogP contribution is -2.29. The van der Waals surface area contributed by atoms with Gasteiger partial charge in [0.15, 0.2) is 0 Å². The molecule has 0 heterocycles. The Labute approximate surface area is 90.4 Å². The Hall–Kier alpha value is -1.06. The fourth-order valence-corrected chi connectivity index (χ4v) is 1.24. The molecular formula is C11H19NO3. The molecule has 0 atom stereocenters. The van der Waals surface area contributed by atoms with Crippen LogP contribution in [0.4, 0.5) is 0 Å². The predicted octanol–water partition coefficient (Wildman–Crippen LogP) is 1.25. The molecule has 1 rings (SSSR count). The molecule has 4 heteroatoms. The van der Waals surface area contributed by atoms with Crippen LogP contribution in [-0.4, -0.2) is 25.0 Å². The molecule has 86 valence electrons. The summed E-state index contributed by atoms with van der Waals surface area (Å²) in [5.74, 6) is -0.360. The van der Waals surface area contributed by atoms with Gasteiger partial charge in [-0.05, 0) is 25.2 Å². The zero-order valence-electron chi connectivity index (χ0n) is 9.47. The third-order valence-electron chi connectivity index (χ3n) is 2.68. The summed E-state index contributed by atoms with van der Waals surface area (Å²) in [7, 11) is 0. The number of amides is 1. The molecule has 1 aliphatic rings. The number of ether oxygens (including phenoxy) is 1. The largest absolute Gasteiger partial charge is 0.466 e. The van der Waals surface area contributed by atoms with Crippen LogP contribution in [0.1, 0.15) is 39.5 Å². The Kier molecular flexibility index (Phi) is 4.12. The van der Waals surface area contributed by atoms with Gasteiger partial charge in [-0.25, -0.2) is 0 Å². The van der Waals surface area contributed by atoms with Crippen molar-refractivity contribution in [2.24, 2.45) is 5.41 Å². The monoisotopic (exact) mass is 213 g/mol. The minimum Gasteiger partial charge on any atom is -0.466 e. The molecule has 0 aromatic heterocycles. The molecule has 4 nitrogen and oxygen atoms in total. The standard InChI is InChI=1S/C11H19NO3/c1-3-15-10(14)5-4-9(13)12-8-11(2)6-7-11/h3-8H2,1-2H3,(H,12,13). The minimum atomic E-state index is -0.301. The third kappa shape index (κ3) is 4.81. The topological polar surface area (TPSA) is 55.4 Å². The molecule has 0 bridgehead atoms. The lowest BCUT2D eigenvalue weighted by atomic mass is 10.1. The van der Waals surface area contributed by atoms with Gasteiger partial charge in [0.25, 0.3) is 0 Å². The van der Waals surface area contributed by atoms with Crippen molar-refractivity contribution < 1.29 is 14.3 Å². The van der Waals surface area contributed by atoms with Gasteiger partial charge in [-0.2, -0.15) is 0 Å². The van der Waals surface area contributed by atoms with E-state index in [2.05, 4.69) is 12.2 Å². The fourth-order valence-electron chi connectivity index (χ4n) is 1.24. The van der Waals surface area contributed by atoms with Crippen LogP contribution in [0.15, 0.2) is 0 Å². The van der Waals surface area contributed by atoms with Crippen molar-refractivity contribution in [1.82, 2.24) is 5.32 Å². The smallest absolute Gasteiger partial charge is 0.306 e. The van der Waals surface area contributed by atoms with Crippen LogP contribution in [0.5, 0.6) is 0 Å². The third-order valence-corrected chi connectivity index (χ3v) is 2.68. The predicted molar refractivity (Wildman–Crippen MR) is 56.2 cm³/mol. The average Bonchev–Trinajstić information content (AvgIpc) is 2.92. The summed E-state index contributed by atoms with van der Waals surface area (Å²) in [5, 5.41) is 2.84. The van der Waals surface area contributed by atoms with Gasteiger partial charge in [0.05, 0.1) is 13.0 Å². The first-order valence-corrected chi connectivity index (χ1v) is 5.48. The van der Waals surface area contributed by atoms with E-state index in [0.29, 0.717) is 12.0 Å². The van der Waals surface area contributed by atoms with E-state index in [9.17, 15) is 9.59 Å². The summed E-state index contributed by atoms with van der Waals surface area (Å²) in [6, 6.07) is 0. The van der Waals surface area contributed by atoms with E-state index in [1.54, 1.807) is 6.92 Å². The lowest BCUT2D eigenvalue weighted by Gasteiger charge is -2.09. The highest BCUT2D eigenvalue weighted by molar-refractivity contribution is 5.81. The second-order valence-electron chi connectivity index (χ2n) is 4.39. The number of esters is 1. The van der Waals surface area contributed by atoms with Crippen molar-refractivity contribution in [3.05, 3.63) is 0 Å². The molecule has 0 unspecified atom stereocenters. The molecule has 1 fully saturated rings. The van der Waals surface area contributed by atoms with Gasteiger partial charge in [0.1, 0.15) is 0 Å². The number of rotatable bonds is 6. The van der Waals surface area contributed by atoms with Crippen LogP contribution >= 0.6 is 0 Å². The van der Waals surface area contributed by atoms with Crippen molar-refractivity contribution in [2.45, 2.75) is 39.5 Å². The Balaban J connectivity index is 2.05. The Morgan fingerprint density at radius 2 is 2.00 bits per heavy atom. The van der Waals surface area contributed by atoms with Gasteiger partial charge in [-0.15, -0.1) is 0 Å². The molecule has 1 N–H and O–H groups in total. The summed E-state index contributed by atoms with van der Waals surface area (Å²) in [6.07, 6.45) is 2.78. The molecule has 1 saturated carbocycles. The zero-order valence-corrected chi connectivity index (χ0v) is 9.47. The number of carbonyl (C=O) groups excluding carboxylic acids is 2. The van der Waals surface area contributed by atoms with Crippen molar-refractivity contribution in [3.63, 3.8) is 0 Å². The van der Waals surface area contributed by atoms with E-state index < -0.39 is 0 Å². The summed E-state index contributed by atoms with van der Waals surface area (Å²) in [4.78, 5) is 22.3. The summed E-state index contributed by atoms with van der Waals surface area (Å²) >= 11 is 0. The van der Waals surface area contributed by atoms with Crippen LogP contribution < -0.4 is 5.32 Å². The van der Waals surface area contributed by atoms with E-state index in [-0.39, 0.29) is 24.7 Å². The molecule has 0 spiro atoms. The number of carbonyl (C=O) groups is 2. The van der Waals surface area contributed by atoms with Crippen LogP contribution in [0.3, 0.4) is 0 Å². The summed E-state index contributed by atoms with van der Waals surface area (Å²) < 4.78 is 4.73. The van der Waals surface area contributed by atoms with Crippen LogP contribution in [-0.2, 0) is 14.3 Å². The van der Waals surface area contributed by atoms with E-state index in [1.165, 1.54) is 12.8 Å². The Bertz CT molecular complexity index is 246. The maximum Gasteiger partial charge on any atom is 0.306 e. The SMILES string of the molecule is CCOC(=O)CCC(=O)NCC1(C)CC1. The van der Waals surface area contributed by atoms with E-state index in [4.69, 9.17) is 4.74 Å². The first kappa shape index (κ1) is 12.0. The van der Waals surface area contributed by atoms with Crippen LogP contribution in [0.2, 0.25) is 0 Å². The van der Waals surface area contributed by atoms with Gasteiger partial charge in [-0.1, -0.05) is 6.92 Å². The first-order chi connectivity index (χ1) is 7.06. The van der Waals surface area contributed by atoms with Gasteiger partial charge in [0.2, 0.25) is 5.91 Å². The van der Waals surface area contributed by atoms with Crippen molar-refractivity contribution in [1.29, 1.82) is 0 Å².